The number of alkyl halides is 3. The Balaban J connectivity index is 1.54. The van der Waals surface area contributed by atoms with Crippen LogP contribution < -0.4 is 10.2 Å². The Hall–Kier alpha value is -2.56. The number of benzene rings is 2. The van der Waals surface area contributed by atoms with Gasteiger partial charge in [-0.1, -0.05) is 12.1 Å². The number of rotatable bonds is 8. The van der Waals surface area contributed by atoms with Crippen molar-refractivity contribution < 1.29 is 31.2 Å². The minimum atomic E-state index is -4.41. The van der Waals surface area contributed by atoms with Crippen molar-refractivity contribution in [3.05, 3.63) is 71.4 Å². The zero-order valence-corrected chi connectivity index (χ0v) is 18.5. The van der Waals surface area contributed by atoms with E-state index in [1.165, 1.54) is 28.6 Å². The van der Waals surface area contributed by atoms with Crippen LogP contribution in [0.1, 0.15) is 31.4 Å². The molecule has 6 nitrogen and oxygen atoms in total. The van der Waals surface area contributed by atoms with Gasteiger partial charge in [0.2, 0.25) is 10.0 Å². The van der Waals surface area contributed by atoms with E-state index in [1.54, 1.807) is 18.2 Å². The van der Waals surface area contributed by atoms with Gasteiger partial charge in [-0.05, 0) is 61.9 Å². The third-order valence-corrected chi connectivity index (χ3v) is 6.58. The fraction of sp³-hybridized carbons (Fsp3) is 0.364. The van der Waals surface area contributed by atoms with Crippen LogP contribution in [0.25, 0.3) is 0 Å². The first-order valence-electron chi connectivity index (χ1n) is 10.1. The van der Waals surface area contributed by atoms with Crippen LogP contribution in [0, 0.1) is 0 Å². The summed E-state index contributed by atoms with van der Waals surface area (Å²) in [5, 5.41) is 0. The molecule has 174 valence electrons. The lowest BCUT2D eigenvalue weighted by Crippen LogP contribution is -2.36. The number of nitrogens with one attached hydrogen (secondary N) is 1. The molecule has 3 rings (SSSR count). The SMILES string of the molecule is CC(C)Oc1ccc(S(=O)(=O)N2CC=C(NOCc3cccc(C(F)(F)F)c3)CC2)cc1. The van der Waals surface area contributed by atoms with E-state index >= 15 is 0 Å². The first-order chi connectivity index (χ1) is 15.1. The summed E-state index contributed by atoms with van der Waals surface area (Å²) in [6.45, 7) is 4.12. The highest BCUT2D eigenvalue weighted by Gasteiger charge is 2.30. The summed E-state index contributed by atoms with van der Waals surface area (Å²) < 4.78 is 70.9. The van der Waals surface area contributed by atoms with Crippen LogP contribution in [0.2, 0.25) is 0 Å². The molecule has 0 atom stereocenters. The third-order valence-electron chi connectivity index (χ3n) is 4.70. The smallest absolute Gasteiger partial charge is 0.416 e. The van der Waals surface area contributed by atoms with Crippen molar-refractivity contribution in [3.63, 3.8) is 0 Å². The molecule has 10 heteroatoms. The molecule has 0 unspecified atom stereocenters. The predicted octanol–water partition coefficient (Wildman–Crippen LogP) is 4.49. The number of hydrogen-bond acceptors (Lipinski definition) is 5. The van der Waals surface area contributed by atoms with Crippen LogP contribution in [0.3, 0.4) is 0 Å². The average molecular weight is 471 g/mol. The van der Waals surface area contributed by atoms with Crippen molar-refractivity contribution in [1.29, 1.82) is 0 Å². The molecule has 0 spiro atoms. The van der Waals surface area contributed by atoms with E-state index in [1.807, 2.05) is 13.8 Å². The van der Waals surface area contributed by atoms with E-state index in [0.717, 1.165) is 12.1 Å². The van der Waals surface area contributed by atoms with E-state index < -0.39 is 21.8 Å². The zero-order chi connectivity index (χ0) is 23.4. The third kappa shape index (κ3) is 6.24. The summed E-state index contributed by atoms with van der Waals surface area (Å²) in [6, 6.07) is 11.2. The monoisotopic (exact) mass is 470 g/mol. The van der Waals surface area contributed by atoms with Gasteiger partial charge in [-0.3, -0.25) is 10.3 Å². The second-order valence-corrected chi connectivity index (χ2v) is 9.51. The van der Waals surface area contributed by atoms with Crippen LogP contribution in [-0.4, -0.2) is 31.9 Å². The van der Waals surface area contributed by atoms with Gasteiger partial charge >= 0.3 is 6.18 Å². The number of sulfonamides is 1. The van der Waals surface area contributed by atoms with Crippen molar-refractivity contribution in [2.45, 2.75) is 44.1 Å². The molecule has 1 N–H and O–H groups in total. The van der Waals surface area contributed by atoms with E-state index in [-0.39, 0.29) is 30.7 Å². The number of hydroxylamine groups is 1. The van der Waals surface area contributed by atoms with Crippen molar-refractivity contribution in [2.75, 3.05) is 13.1 Å². The van der Waals surface area contributed by atoms with Crippen LogP contribution in [0.5, 0.6) is 5.75 Å². The van der Waals surface area contributed by atoms with Gasteiger partial charge in [-0.25, -0.2) is 8.42 Å². The highest BCUT2D eigenvalue weighted by atomic mass is 32.2. The molecule has 0 saturated heterocycles. The standard InChI is InChI=1S/C22H25F3N2O4S/c1-16(2)31-20-6-8-21(9-7-20)32(28,29)27-12-10-19(11-13-27)26-30-15-17-4-3-5-18(14-17)22(23,24)25/h3-10,14,16,26H,11-13,15H2,1-2H3. The van der Waals surface area contributed by atoms with Crippen molar-refractivity contribution in [1.82, 2.24) is 9.79 Å². The summed E-state index contributed by atoms with van der Waals surface area (Å²) in [5.41, 5.74) is 3.01. The van der Waals surface area contributed by atoms with Crippen LogP contribution in [-0.2, 0) is 27.6 Å². The van der Waals surface area contributed by atoms with Gasteiger partial charge in [0.15, 0.2) is 0 Å². The molecule has 1 aliphatic heterocycles. The predicted molar refractivity (Wildman–Crippen MR) is 113 cm³/mol. The Morgan fingerprint density at radius 1 is 1.12 bits per heavy atom. The van der Waals surface area contributed by atoms with Gasteiger partial charge in [0, 0.05) is 25.2 Å². The summed E-state index contributed by atoms with van der Waals surface area (Å²) in [6.07, 6.45) is -2.35. The quantitative estimate of drug-likeness (QED) is 0.576. The summed E-state index contributed by atoms with van der Waals surface area (Å²) in [5.74, 6) is 0.599. The first-order valence-corrected chi connectivity index (χ1v) is 11.5. The number of halogens is 3. The molecule has 1 heterocycles. The molecular formula is C22H25F3N2O4S. The lowest BCUT2D eigenvalue weighted by molar-refractivity contribution is -0.137. The minimum Gasteiger partial charge on any atom is -0.491 e. The zero-order valence-electron chi connectivity index (χ0n) is 17.7. The average Bonchev–Trinajstić information content (AvgIpc) is 2.74. The molecular weight excluding hydrogens is 445 g/mol. The lowest BCUT2D eigenvalue weighted by Gasteiger charge is -2.26. The Labute approximate surface area is 185 Å². The first kappa shape index (κ1) is 24.1. The summed E-state index contributed by atoms with van der Waals surface area (Å²) in [4.78, 5) is 5.49. The fourth-order valence-electron chi connectivity index (χ4n) is 3.12. The highest BCUT2D eigenvalue weighted by Crippen LogP contribution is 2.29. The Kier molecular flexibility index (Phi) is 7.47. The molecule has 1 aliphatic rings. The molecule has 2 aromatic carbocycles. The summed E-state index contributed by atoms with van der Waals surface area (Å²) in [7, 11) is -3.65. The normalized spacial score (nSPS) is 15.5. The lowest BCUT2D eigenvalue weighted by atomic mass is 10.1. The van der Waals surface area contributed by atoms with E-state index in [9.17, 15) is 21.6 Å². The Morgan fingerprint density at radius 3 is 2.44 bits per heavy atom. The van der Waals surface area contributed by atoms with E-state index in [0.29, 0.717) is 23.4 Å². The van der Waals surface area contributed by atoms with Crippen LogP contribution in [0.4, 0.5) is 13.2 Å². The molecule has 2 aromatic rings. The van der Waals surface area contributed by atoms with Crippen molar-refractivity contribution in [2.24, 2.45) is 0 Å². The molecule has 0 bridgehead atoms. The van der Waals surface area contributed by atoms with Crippen molar-refractivity contribution in [3.8, 4) is 5.75 Å². The van der Waals surface area contributed by atoms with Crippen LogP contribution >= 0.6 is 0 Å². The van der Waals surface area contributed by atoms with Gasteiger partial charge in [-0.2, -0.15) is 17.5 Å². The van der Waals surface area contributed by atoms with E-state index in [4.69, 9.17) is 9.57 Å². The second-order valence-electron chi connectivity index (χ2n) is 7.57. The fourth-order valence-corrected chi connectivity index (χ4v) is 4.50. The molecule has 0 amide bonds. The molecule has 0 aliphatic carbocycles. The molecule has 32 heavy (non-hydrogen) atoms. The van der Waals surface area contributed by atoms with E-state index in [2.05, 4.69) is 5.48 Å². The molecule has 0 fully saturated rings. The van der Waals surface area contributed by atoms with Gasteiger partial charge in [0.05, 0.1) is 23.2 Å². The highest BCUT2D eigenvalue weighted by molar-refractivity contribution is 7.89. The molecule has 0 saturated carbocycles. The van der Waals surface area contributed by atoms with Crippen molar-refractivity contribution >= 4 is 10.0 Å². The maximum Gasteiger partial charge on any atom is 0.416 e. The number of nitrogens with zero attached hydrogens (tertiary/aromatic N) is 1. The number of ether oxygens (including phenoxy) is 1. The van der Waals surface area contributed by atoms with Gasteiger partial charge in [-0.15, -0.1) is 0 Å². The topological polar surface area (TPSA) is 67.9 Å². The largest absolute Gasteiger partial charge is 0.491 e. The second kappa shape index (κ2) is 9.93. The van der Waals surface area contributed by atoms with Gasteiger partial charge < -0.3 is 4.74 Å². The minimum absolute atomic E-state index is 0.00795. The van der Waals surface area contributed by atoms with Crippen LogP contribution in [0.15, 0.2) is 65.2 Å². The van der Waals surface area contributed by atoms with Gasteiger partial charge in [0.1, 0.15) is 5.75 Å². The number of hydrogen-bond donors (Lipinski definition) is 1. The Bertz CT molecular complexity index is 1050. The van der Waals surface area contributed by atoms with Gasteiger partial charge in [0.25, 0.3) is 0 Å². The molecule has 0 radical (unpaired) electrons. The maximum absolute atomic E-state index is 12.9. The molecule has 0 aromatic heterocycles. The summed E-state index contributed by atoms with van der Waals surface area (Å²) >= 11 is 0. The Morgan fingerprint density at radius 2 is 1.84 bits per heavy atom. The maximum atomic E-state index is 12.9.